The van der Waals surface area contributed by atoms with Crippen molar-refractivity contribution >= 4 is 22.4 Å². The summed E-state index contributed by atoms with van der Waals surface area (Å²) in [6.07, 6.45) is 0. The lowest BCUT2D eigenvalue weighted by Crippen LogP contribution is -2.21. The highest BCUT2D eigenvalue weighted by Gasteiger charge is 2.13. The number of carbonyl (C=O) groups excluding carboxylic acids is 1. The summed E-state index contributed by atoms with van der Waals surface area (Å²) in [6, 6.07) is 0.334. The van der Waals surface area contributed by atoms with E-state index < -0.39 is 0 Å². The van der Waals surface area contributed by atoms with Gasteiger partial charge in [-0.15, -0.1) is 11.3 Å². The molecule has 0 radical (unpaired) electrons. The van der Waals surface area contributed by atoms with E-state index in [4.69, 9.17) is 4.74 Å². The number of ether oxygens (including phenoxy) is 1. The highest BCUT2D eigenvalue weighted by molar-refractivity contribution is 7.13. The predicted molar refractivity (Wildman–Crippen MR) is 66.0 cm³/mol. The lowest BCUT2D eigenvalue weighted by molar-refractivity contribution is 0.0520. The largest absolute Gasteiger partial charge is 0.461 e. The predicted octanol–water partition coefficient (Wildman–Crippen LogP) is 2.78. The summed E-state index contributed by atoms with van der Waals surface area (Å²) in [5.41, 5.74) is 0.380. The Kier molecular flexibility index (Phi) is 4.73. The minimum Gasteiger partial charge on any atom is -0.461 e. The molecule has 1 atom stereocenters. The Labute approximate surface area is 100 Å². The van der Waals surface area contributed by atoms with Gasteiger partial charge in [-0.1, -0.05) is 13.8 Å². The van der Waals surface area contributed by atoms with Crippen molar-refractivity contribution in [2.45, 2.75) is 33.7 Å². The molecule has 0 spiro atoms. The highest BCUT2D eigenvalue weighted by Crippen LogP contribution is 2.18. The van der Waals surface area contributed by atoms with Crippen molar-refractivity contribution in [3.05, 3.63) is 11.1 Å². The van der Waals surface area contributed by atoms with Gasteiger partial charge in [0.15, 0.2) is 10.8 Å². The Morgan fingerprint density at radius 3 is 2.81 bits per heavy atom. The van der Waals surface area contributed by atoms with Crippen molar-refractivity contribution in [2.75, 3.05) is 11.9 Å². The van der Waals surface area contributed by atoms with Crippen molar-refractivity contribution in [3.8, 4) is 0 Å². The van der Waals surface area contributed by atoms with Gasteiger partial charge >= 0.3 is 5.97 Å². The van der Waals surface area contributed by atoms with E-state index in [0.717, 1.165) is 5.13 Å². The first-order valence-electron chi connectivity index (χ1n) is 5.43. The molecule has 1 unspecified atom stereocenters. The van der Waals surface area contributed by atoms with Gasteiger partial charge in [0.1, 0.15) is 0 Å². The van der Waals surface area contributed by atoms with Crippen LogP contribution in [0, 0.1) is 5.92 Å². The second-order valence-electron chi connectivity index (χ2n) is 3.94. The van der Waals surface area contributed by atoms with Gasteiger partial charge in [-0.3, -0.25) is 0 Å². The number of hydrogen-bond donors (Lipinski definition) is 1. The molecule has 0 fully saturated rings. The van der Waals surface area contributed by atoms with Crippen LogP contribution >= 0.6 is 11.3 Å². The summed E-state index contributed by atoms with van der Waals surface area (Å²) in [6.45, 7) is 8.52. The van der Waals surface area contributed by atoms with E-state index in [1.54, 1.807) is 12.3 Å². The molecule has 1 rings (SSSR count). The van der Waals surface area contributed by atoms with E-state index in [1.807, 2.05) is 0 Å². The Morgan fingerprint density at radius 1 is 1.56 bits per heavy atom. The third-order valence-corrected chi connectivity index (χ3v) is 3.11. The molecule has 0 saturated heterocycles. The van der Waals surface area contributed by atoms with Crippen LogP contribution in [0.1, 0.15) is 38.2 Å². The number of nitrogens with zero attached hydrogens (tertiary/aromatic N) is 1. The zero-order valence-electron chi connectivity index (χ0n) is 10.1. The Morgan fingerprint density at radius 2 is 2.25 bits per heavy atom. The first-order chi connectivity index (χ1) is 7.54. The molecule has 0 amide bonds. The average molecular weight is 242 g/mol. The van der Waals surface area contributed by atoms with E-state index in [9.17, 15) is 4.79 Å². The molecule has 5 heteroatoms. The summed E-state index contributed by atoms with van der Waals surface area (Å²) in [7, 11) is 0. The maximum atomic E-state index is 11.4. The molecular formula is C11H18N2O2S. The van der Waals surface area contributed by atoms with E-state index >= 15 is 0 Å². The van der Waals surface area contributed by atoms with E-state index in [1.165, 1.54) is 11.3 Å². The SMILES string of the molecule is CCOC(=O)c1csc(NC(C)C(C)C)n1. The fourth-order valence-electron chi connectivity index (χ4n) is 1.00. The van der Waals surface area contributed by atoms with E-state index in [2.05, 4.69) is 31.1 Å². The van der Waals surface area contributed by atoms with Crippen molar-refractivity contribution in [2.24, 2.45) is 5.92 Å². The van der Waals surface area contributed by atoms with Gasteiger partial charge in [0, 0.05) is 11.4 Å². The zero-order chi connectivity index (χ0) is 12.1. The minimum absolute atomic E-state index is 0.334. The minimum atomic E-state index is -0.357. The lowest BCUT2D eigenvalue weighted by Gasteiger charge is -2.16. The summed E-state index contributed by atoms with van der Waals surface area (Å²) < 4.78 is 4.87. The number of thiazole rings is 1. The van der Waals surface area contributed by atoms with Crippen LogP contribution < -0.4 is 5.32 Å². The molecule has 90 valence electrons. The van der Waals surface area contributed by atoms with Crippen LogP contribution in [-0.2, 0) is 4.74 Å². The number of esters is 1. The Hall–Kier alpha value is -1.10. The normalized spacial score (nSPS) is 12.6. The molecule has 0 aliphatic heterocycles. The second-order valence-corrected chi connectivity index (χ2v) is 4.79. The average Bonchev–Trinajstić information content (AvgIpc) is 2.66. The maximum absolute atomic E-state index is 11.4. The zero-order valence-corrected chi connectivity index (χ0v) is 10.9. The molecule has 0 aliphatic carbocycles. The fraction of sp³-hybridized carbons (Fsp3) is 0.636. The number of carbonyl (C=O) groups is 1. The van der Waals surface area contributed by atoms with Gasteiger partial charge in [0.2, 0.25) is 0 Å². The maximum Gasteiger partial charge on any atom is 0.357 e. The third kappa shape index (κ3) is 3.48. The van der Waals surface area contributed by atoms with Crippen LogP contribution in [0.4, 0.5) is 5.13 Å². The molecule has 0 bridgehead atoms. The van der Waals surface area contributed by atoms with Gasteiger partial charge in [-0.2, -0.15) is 0 Å². The summed E-state index contributed by atoms with van der Waals surface area (Å²) in [4.78, 5) is 15.6. The first-order valence-corrected chi connectivity index (χ1v) is 6.31. The van der Waals surface area contributed by atoms with Crippen LogP contribution in [0.3, 0.4) is 0 Å². The standard InChI is InChI=1S/C11H18N2O2S/c1-5-15-10(14)9-6-16-11(13-9)12-8(4)7(2)3/h6-8H,5H2,1-4H3,(H,12,13). The molecular weight excluding hydrogens is 224 g/mol. The summed E-state index contributed by atoms with van der Waals surface area (Å²) >= 11 is 1.43. The monoisotopic (exact) mass is 242 g/mol. The quantitative estimate of drug-likeness (QED) is 0.807. The summed E-state index contributed by atoms with van der Waals surface area (Å²) in [5, 5.41) is 5.74. The van der Waals surface area contributed by atoms with Gasteiger partial charge in [0.05, 0.1) is 6.61 Å². The third-order valence-electron chi connectivity index (χ3n) is 2.34. The Bertz CT molecular complexity index is 350. The number of aromatic nitrogens is 1. The van der Waals surface area contributed by atoms with Gasteiger partial charge in [0.25, 0.3) is 0 Å². The van der Waals surface area contributed by atoms with Crippen molar-refractivity contribution < 1.29 is 9.53 Å². The van der Waals surface area contributed by atoms with Gasteiger partial charge in [-0.25, -0.2) is 9.78 Å². The first kappa shape index (κ1) is 13.0. The molecule has 0 aliphatic rings. The molecule has 1 aromatic heterocycles. The number of rotatable bonds is 5. The number of anilines is 1. The van der Waals surface area contributed by atoms with Crippen LogP contribution in [-0.4, -0.2) is 23.6 Å². The molecule has 0 saturated carbocycles. The van der Waals surface area contributed by atoms with Crippen LogP contribution in [0.15, 0.2) is 5.38 Å². The highest BCUT2D eigenvalue weighted by atomic mass is 32.1. The van der Waals surface area contributed by atoms with E-state index in [0.29, 0.717) is 24.3 Å². The van der Waals surface area contributed by atoms with Gasteiger partial charge < -0.3 is 10.1 Å². The molecule has 4 nitrogen and oxygen atoms in total. The molecule has 0 aromatic carbocycles. The molecule has 1 heterocycles. The van der Waals surface area contributed by atoms with E-state index in [-0.39, 0.29) is 5.97 Å². The lowest BCUT2D eigenvalue weighted by atomic mass is 10.1. The van der Waals surface area contributed by atoms with Crippen molar-refractivity contribution in [1.82, 2.24) is 4.98 Å². The van der Waals surface area contributed by atoms with Gasteiger partial charge in [-0.05, 0) is 19.8 Å². The number of hydrogen-bond acceptors (Lipinski definition) is 5. The fourth-order valence-corrected chi connectivity index (χ4v) is 1.78. The summed E-state index contributed by atoms with van der Waals surface area (Å²) in [5.74, 6) is 0.166. The van der Waals surface area contributed by atoms with Crippen LogP contribution in [0.2, 0.25) is 0 Å². The van der Waals surface area contributed by atoms with Crippen molar-refractivity contribution in [1.29, 1.82) is 0 Å². The van der Waals surface area contributed by atoms with Crippen molar-refractivity contribution in [3.63, 3.8) is 0 Å². The second kappa shape index (κ2) is 5.84. The molecule has 1 aromatic rings. The van der Waals surface area contributed by atoms with Crippen LogP contribution in [0.25, 0.3) is 0 Å². The topological polar surface area (TPSA) is 51.2 Å². The Balaban J connectivity index is 2.61. The molecule has 1 N–H and O–H groups in total. The molecule has 16 heavy (non-hydrogen) atoms. The smallest absolute Gasteiger partial charge is 0.357 e. The van der Waals surface area contributed by atoms with Crippen LogP contribution in [0.5, 0.6) is 0 Å². The number of nitrogens with one attached hydrogen (secondary N) is 1.